The number of hydrogen-bond acceptors (Lipinski definition) is 2. The number of phenols is 1. The van der Waals surface area contributed by atoms with E-state index in [0.29, 0.717) is 41.1 Å². The Morgan fingerprint density at radius 2 is 2.00 bits per heavy atom. The zero-order chi connectivity index (χ0) is 16.4. The SMILES string of the molecule is CC(C)C1CC2(C)C(=O)CCC2C2CCc3cc(O)ccc3C12. The minimum atomic E-state index is -0.0788. The van der Waals surface area contributed by atoms with Crippen LogP contribution in [0.15, 0.2) is 18.2 Å². The third-order valence-corrected chi connectivity index (χ3v) is 7.33. The van der Waals surface area contributed by atoms with Gasteiger partial charge in [-0.2, -0.15) is 0 Å². The first kappa shape index (κ1) is 15.2. The van der Waals surface area contributed by atoms with Crippen LogP contribution >= 0.6 is 0 Å². The van der Waals surface area contributed by atoms with Gasteiger partial charge in [-0.15, -0.1) is 0 Å². The van der Waals surface area contributed by atoms with Crippen LogP contribution in [0.5, 0.6) is 5.75 Å². The van der Waals surface area contributed by atoms with Crippen LogP contribution in [0.4, 0.5) is 0 Å². The fourth-order valence-corrected chi connectivity index (χ4v) is 6.18. The first-order chi connectivity index (χ1) is 10.9. The van der Waals surface area contributed by atoms with Crippen molar-refractivity contribution < 1.29 is 9.90 Å². The van der Waals surface area contributed by atoms with E-state index in [-0.39, 0.29) is 5.41 Å². The fourth-order valence-electron chi connectivity index (χ4n) is 6.18. The van der Waals surface area contributed by atoms with Gasteiger partial charge in [0.1, 0.15) is 11.5 Å². The van der Waals surface area contributed by atoms with Crippen molar-refractivity contribution in [1.82, 2.24) is 0 Å². The summed E-state index contributed by atoms with van der Waals surface area (Å²) in [5.41, 5.74) is 2.72. The van der Waals surface area contributed by atoms with Crippen molar-refractivity contribution in [2.24, 2.45) is 29.1 Å². The zero-order valence-electron chi connectivity index (χ0n) is 14.5. The van der Waals surface area contributed by atoms with E-state index >= 15 is 0 Å². The number of hydrogen-bond donors (Lipinski definition) is 1. The van der Waals surface area contributed by atoms with Crippen LogP contribution in [-0.4, -0.2) is 10.9 Å². The maximum atomic E-state index is 12.6. The van der Waals surface area contributed by atoms with E-state index in [1.165, 1.54) is 17.5 Å². The second-order valence-electron chi connectivity index (χ2n) is 8.71. The molecule has 0 saturated heterocycles. The van der Waals surface area contributed by atoms with Crippen LogP contribution in [0.1, 0.15) is 63.5 Å². The Balaban J connectivity index is 1.82. The number of phenolic OH excluding ortho intramolecular Hbond substituents is 1. The number of ketones is 1. The summed E-state index contributed by atoms with van der Waals surface area (Å²) in [6.07, 6.45) is 5.16. The first-order valence-corrected chi connectivity index (χ1v) is 9.27. The standard InChI is InChI=1S/C21H28O2/c1-12(2)17-11-21(3)18(8-9-19(21)23)16-6-4-13-10-14(22)5-7-15(13)20(16)17/h5,7,10,12,16-18,20,22H,4,6,8-9,11H2,1-3H3. The van der Waals surface area contributed by atoms with E-state index < -0.39 is 0 Å². The molecule has 2 fully saturated rings. The predicted octanol–water partition coefficient (Wildman–Crippen LogP) is 4.70. The van der Waals surface area contributed by atoms with Gasteiger partial charge in [0.05, 0.1) is 0 Å². The molecule has 23 heavy (non-hydrogen) atoms. The summed E-state index contributed by atoms with van der Waals surface area (Å²) in [5, 5.41) is 9.84. The summed E-state index contributed by atoms with van der Waals surface area (Å²) < 4.78 is 0. The highest BCUT2D eigenvalue weighted by Gasteiger charge is 2.57. The third kappa shape index (κ3) is 2.10. The number of benzene rings is 1. The van der Waals surface area contributed by atoms with Crippen LogP contribution in [-0.2, 0) is 11.2 Å². The third-order valence-electron chi connectivity index (χ3n) is 7.33. The van der Waals surface area contributed by atoms with Crippen LogP contribution in [0.3, 0.4) is 0 Å². The fraction of sp³-hybridized carbons (Fsp3) is 0.667. The van der Waals surface area contributed by atoms with Crippen molar-refractivity contribution in [2.45, 2.75) is 58.8 Å². The highest BCUT2D eigenvalue weighted by Crippen LogP contribution is 2.62. The van der Waals surface area contributed by atoms with Crippen molar-refractivity contribution in [3.05, 3.63) is 29.3 Å². The van der Waals surface area contributed by atoms with E-state index in [1.54, 1.807) is 0 Å². The summed E-state index contributed by atoms with van der Waals surface area (Å²) in [5.74, 6) is 3.85. The number of Topliss-reactive ketones (excluding diaryl/α,β-unsaturated/α-hetero) is 1. The number of carbonyl (C=O) groups is 1. The van der Waals surface area contributed by atoms with Crippen molar-refractivity contribution >= 4 is 5.78 Å². The van der Waals surface area contributed by atoms with E-state index in [9.17, 15) is 9.90 Å². The molecule has 0 spiro atoms. The van der Waals surface area contributed by atoms with E-state index in [1.807, 2.05) is 12.1 Å². The van der Waals surface area contributed by atoms with Gasteiger partial charge in [0, 0.05) is 11.8 Å². The summed E-state index contributed by atoms with van der Waals surface area (Å²) in [6, 6.07) is 5.99. The number of rotatable bonds is 1. The minimum absolute atomic E-state index is 0.0788. The normalized spacial score (nSPS) is 39.0. The van der Waals surface area contributed by atoms with Crippen molar-refractivity contribution in [3.63, 3.8) is 0 Å². The quantitative estimate of drug-likeness (QED) is 0.816. The second kappa shape index (κ2) is 5.09. The Morgan fingerprint density at radius 3 is 2.74 bits per heavy atom. The number of aromatic hydroxyl groups is 1. The molecule has 2 heteroatoms. The maximum Gasteiger partial charge on any atom is 0.139 e. The van der Waals surface area contributed by atoms with Crippen molar-refractivity contribution in [1.29, 1.82) is 0 Å². The molecule has 124 valence electrons. The molecular weight excluding hydrogens is 284 g/mol. The number of carbonyl (C=O) groups excluding carboxylic acids is 1. The van der Waals surface area contributed by atoms with Gasteiger partial charge in [0.25, 0.3) is 0 Å². The van der Waals surface area contributed by atoms with Gasteiger partial charge in [0.15, 0.2) is 0 Å². The lowest BCUT2D eigenvalue weighted by molar-refractivity contribution is -0.131. The lowest BCUT2D eigenvalue weighted by Crippen LogP contribution is -2.48. The van der Waals surface area contributed by atoms with Crippen molar-refractivity contribution in [3.8, 4) is 5.75 Å². The Labute approximate surface area is 139 Å². The zero-order valence-corrected chi connectivity index (χ0v) is 14.5. The monoisotopic (exact) mass is 312 g/mol. The minimum Gasteiger partial charge on any atom is -0.508 e. The van der Waals surface area contributed by atoms with Crippen LogP contribution in [0, 0.1) is 29.1 Å². The van der Waals surface area contributed by atoms with Gasteiger partial charge in [-0.25, -0.2) is 0 Å². The smallest absolute Gasteiger partial charge is 0.139 e. The molecule has 0 amide bonds. The highest BCUT2D eigenvalue weighted by molar-refractivity contribution is 5.87. The first-order valence-electron chi connectivity index (χ1n) is 9.27. The van der Waals surface area contributed by atoms with Gasteiger partial charge >= 0.3 is 0 Å². The van der Waals surface area contributed by atoms with Crippen LogP contribution in [0.2, 0.25) is 0 Å². The Bertz CT molecular complexity index is 647. The van der Waals surface area contributed by atoms with E-state index in [2.05, 4.69) is 26.8 Å². The van der Waals surface area contributed by atoms with Crippen molar-refractivity contribution in [2.75, 3.05) is 0 Å². The molecule has 0 aliphatic heterocycles. The number of aryl methyl sites for hydroxylation is 1. The van der Waals surface area contributed by atoms with Gasteiger partial charge in [0.2, 0.25) is 0 Å². The molecular formula is C21H28O2. The Morgan fingerprint density at radius 1 is 1.22 bits per heavy atom. The molecule has 2 saturated carbocycles. The molecule has 5 atom stereocenters. The average Bonchev–Trinajstić information content (AvgIpc) is 2.81. The Kier molecular flexibility index (Phi) is 3.37. The molecule has 1 N–H and O–H groups in total. The molecule has 3 aliphatic rings. The van der Waals surface area contributed by atoms with E-state index in [0.717, 1.165) is 25.7 Å². The summed E-state index contributed by atoms with van der Waals surface area (Å²) >= 11 is 0. The van der Waals surface area contributed by atoms with Gasteiger partial charge in [-0.3, -0.25) is 4.79 Å². The molecule has 2 nitrogen and oxygen atoms in total. The molecule has 0 radical (unpaired) electrons. The molecule has 3 aliphatic carbocycles. The maximum absolute atomic E-state index is 12.6. The molecule has 0 bridgehead atoms. The molecule has 1 aromatic carbocycles. The highest BCUT2D eigenvalue weighted by atomic mass is 16.3. The summed E-state index contributed by atoms with van der Waals surface area (Å²) in [4.78, 5) is 12.6. The topological polar surface area (TPSA) is 37.3 Å². The molecule has 5 unspecified atom stereocenters. The average molecular weight is 312 g/mol. The van der Waals surface area contributed by atoms with Crippen LogP contribution < -0.4 is 0 Å². The second-order valence-corrected chi connectivity index (χ2v) is 8.71. The van der Waals surface area contributed by atoms with Crippen LogP contribution in [0.25, 0.3) is 0 Å². The molecule has 0 aromatic heterocycles. The molecule has 1 aromatic rings. The van der Waals surface area contributed by atoms with Gasteiger partial charge in [-0.05, 0) is 78.5 Å². The lowest BCUT2D eigenvalue weighted by Gasteiger charge is -2.53. The number of fused-ring (bicyclic) bond motifs is 5. The summed E-state index contributed by atoms with van der Waals surface area (Å²) in [6.45, 7) is 6.89. The van der Waals surface area contributed by atoms with E-state index in [4.69, 9.17) is 0 Å². The van der Waals surface area contributed by atoms with Gasteiger partial charge < -0.3 is 5.11 Å². The predicted molar refractivity (Wildman–Crippen MR) is 91.4 cm³/mol. The Hall–Kier alpha value is -1.31. The molecule has 4 rings (SSSR count). The van der Waals surface area contributed by atoms with Gasteiger partial charge in [-0.1, -0.05) is 26.8 Å². The molecule has 0 heterocycles. The lowest BCUT2D eigenvalue weighted by atomic mass is 9.50. The largest absolute Gasteiger partial charge is 0.508 e. The summed E-state index contributed by atoms with van der Waals surface area (Å²) in [7, 11) is 0.